The van der Waals surface area contributed by atoms with Crippen LogP contribution in [0.15, 0.2) is 89.9 Å². The van der Waals surface area contributed by atoms with Gasteiger partial charge < -0.3 is 4.74 Å². The molecular weight excluding hydrogens is 328 g/mol. The third-order valence-corrected chi connectivity index (χ3v) is 4.38. The van der Waals surface area contributed by atoms with Crippen molar-refractivity contribution in [2.45, 2.75) is 12.1 Å². The summed E-state index contributed by atoms with van der Waals surface area (Å²) in [7, 11) is 0. The van der Waals surface area contributed by atoms with Gasteiger partial charge in [0.15, 0.2) is 6.10 Å². The zero-order valence-corrected chi connectivity index (χ0v) is 13.9. The van der Waals surface area contributed by atoms with Gasteiger partial charge in [0.1, 0.15) is 6.04 Å². The minimum absolute atomic E-state index is 0.0477. The van der Waals surface area contributed by atoms with Gasteiger partial charge >= 0.3 is 0 Å². The predicted octanol–water partition coefficient (Wildman–Crippen LogP) is 4.85. The van der Waals surface area contributed by atoms with Crippen LogP contribution in [-0.4, -0.2) is 10.8 Å². The van der Waals surface area contributed by atoms with Crippen LogP contribution in [0.3, 0.4) is 0 Å². The lowest BCUT2D eigenvalue weighted by molar-refractivity contribution is -0.384. The highest BCUT2D eigenvalue weighted by atomic mass is 16.6. The van der Waals surface area contributed by atoms with E-state index in [-0.39, 0.29) is 17.8 Å². The Balaban J connectivity index is 1.71. The molecule has 0 aromatic heterocycles. The maximum atomic E-state index is 10.9. The molecule has 0 bridgehead atoms. The fourth-order valence-corrected chi connectivity index (χ4v) is 3.07. The number of hydrogen-bond donors (Lipinski definition) is 0. The molecular formula is C21H16N2O3. The van der Waals surface area contributed by atoms with Crippen LogP contribution in [0.4, 0.5) is 5.69 Å². The molecule has 5 nitrogen and oxygen atoms in total. The Labute approximate surface area is 150 Å². The zero-order chi connectivity index (χ0) is 17.9. The van der Waals surface area contributed by atoms with E-state index in [9.17, 15) is 10.1 Å². The molecule has 3 aromatic carbocycles. The molecule has 2 unspecified atom stereocenters. The van der Waals surface area contributed by atoms with Gasteiger partial charge in [-0.25, -0.2) is 4.99 Å². The zero-order valence-electron chi connectivity index (χ0n) is 13.9. The van der Waals surface area contributed by atoms with E-state index >= 15 is 0 Å². The molecule has 128 valence electrons. The van der Waals surface area contributed by atoms with Gasteiger partial charge in [-0.1, -0.05) is 60.7 Å². The van der Waals surface area contributed by atoms with Gasteiger partial charge in [0, 0.05) is 17.7 Å². The number of nitro groups is 1. The SMILES string of the molecule is O=[N+]([O-])c1ccc(C2=NC(c3ccccc3)C(c3ccccc3)O2)cc1. The molecule has 1 heterocycles. The van der Waals surface area contributed by atoms with Crippen LogP contribution in [0, 0.1) is 10.1 Å². The van der Waals surface area contributed by atoms with Crippen LogP contribution < -0.4 is 0 Å². The highest BCUT2D eigenvalue weighted by molar-refractivity contribution is 5.95. The second-order valence-corrected chi connectivity index (χ2v) is 6.04. The first-order valence-corrected chi connectivity index (χ1v) is 8.31. The second kappa shape index (κ2) is 6.80. The Hall–Kier alpha value is -3.47. The normalized spacial score (nSPS) is 18.8. The fraction of sp³-hybridized carbons (Fsp3) is 0.0952. The maximum absolute atomic E-state index is 10.9. The summed E-state index contributed by atoms with van der Waals surface area (Å²) in [5, 5.41) is 10.9. The summed E-state index contributed by atoms with van der Waals surface area (Å²) < 4.78 is 6.18. The number of aliphatic imine (C=N–C) groups is 1. The number of ether oxygens (including phenoxy) is 1. The van der Waals surface area contributed by atoms with Gasteiger partial charge in [-0.3, -0.25) is 10.1 Å². The molecule has 5 heteroatoms. The van der Waals surface area contributed by atoms with E-state index in [0.29, 0.717) is 5.90 Å². The van der Waals surface area contributed by atoms with Gasteiger partial charge in [0.2, 0.25) is 5.90 Å². The molecule has 26 heavy (non-hydrogen) atoms. The maximum Gasteiger partial charge on any atom is 0.269 e. The van der Waals surface area contributed by atoms with Crippen molar-refractivity contribution in [2.75, 3.05) is 0 Å². The number of non-ortho nitro benzene ring substituents is 1. The standard InChI is InChI=1S/C21H16N2O3/c24-23(25)18-13-11-17(12-14-18)21-22-19(15-7-3-1-4-8-15)20(26-21)16-9-5-2-6-10-16/h1-14,19-20H. The summed E-state index contributed by atoms with van der Waals surface area (Å²) in [6.45, 7) is 0. The smallest absolute Gasteiger partial charge is 0.269 e. The van der Waals surface area contributed by atoms with Crippen molar-refractivity contribution < 1.29 is 9.66 Å². The molecule has 3 aromatic rings. The first-order chi connectivity index (χ1) is 12.7. The lowest BCUT2D eigenvalue weighted by Crippen LogP contribution is -2.09. The van der Waals surface area contributed by atoms with Gasteiger partial charge in [0.25, 0.3) is 5.69 Å². The minimum Gasteiger partial charge on any atom is -0.467 e. The Morgan fingerprint density at radius 3 is 1.96 bits per heavy atom. The molecule has 0 saturated heterocycles. The van der Waals surface area contributed by atoms with E-state index in [2.05, 4.69) is 0 Å². The number of nitro benzene ring substituents is 1. The lowest BCUT2D eigenvalue weighted by Gasteiger charge is -2.18. The van der Waals surface area contributed by atoms with Crippen molar-refractivity contribution in [3.05, 3.63) is 112 Å². The van der Waals surface area contributed by atoms with Gasteiger partial charge in [0.05, 0.1) is 4.92 Å². The van der Waals surface area contributed by atoms with Crippen molar-refractivity contribution >= 4 is 11.6 Å². The van der Waals surface area contributed by atoms with E-state index in [4.69, 9.17) is 9.73 Å². The molecule has 0 saturated carbocycles. The molecule has 0 amide bonds. The van der Waals surface area contributed by atoms with Gasteiger partial charge in [-0.2, -0.15) is 0 Å². The summed E-state index contributed by atoms with van der Waals surface area (Å²) in [5.41, 5.74) is 2.89. The second-order valence-electron chi connectivity index (χ2n) is 6.04. The molecule has 0 fully saturated rings. The van der Waals surface area contributed by atoms with Crippen LogP contribution in [0.1, 0.15) is 28.8 Å². The van der Waals surface area contributed by atoms with Crippen LogP contribution in [0.25, 0.3) is 0 Å². The van der Waals surface area contributed by atoms with Gasteiger partial charge in [-0.05, 0) is 23.3 Å². The molecule has 0 spiro atoms. The number of hydrogen-bond acceptors (Lipinski definition) is 4. The summed E-state index contributed by atoms with van der Waals surface area (Å²) in [5.74, 6) is 0.502. The van der Waals surface area contributed by atoms with Crippen molar-refractivity contribution in [2.24, 2.45) is 4.99 Å². The monoisotopic (exact) mass is 344 g/mol. The van der Waals surface area contributed by atoms with Crippen molar-refractivity contribution in [3.8, 4) is 0 Å². The van der Waals surface area contributed by atoms with E-state index < -0.39 is 4.92 Å². The third kappa shape index (κ3) is 3.07. The van der Waals surface area contributed by atoms with Crippen LogP contribution >= 0.6 is 0 Å². The largest absolute Gasteiger partial charge is 0.467 e. The molecule has 0 N–H and O–H groups in total. The summed E-state index contributed by atoms with van der Waals surface area (Å²) in [6.07, 6.45) is -0.233. The van der Waals surface area contributed by atoms with E-state index in [1.54, 1.807) is 12.1 Å². The Bertz CT molecular complexity index is 938. The Morgan fingerprint density at radius 2 is 1.38 bits per heavy atom. The van der Waals surface area contributed by atoms with Crippen molar-refractivity contribution in [3.63, 3.8) is 0 Å². The molecule has 0 aliphatic carbocycles. The first-order valence-electron chi connectivity index (χ1n) is 8.31. The topological polar surface area (TPSA) is 64.7 Å². The summed E-state index contributed by atoms with van der Waals surface area (Å²) in [6, 6.07) is 26.1. The summed E-state index contributed by atoms with van der Waals surface area (Å²) >= 11 is 0. The Morgan fingerprint density at radius 1 is 0.808 bits per heavy atom. The number of nitrogens with zero attached hydrogens (tertiary/aromatic N) is 2. The fourth-order valence-electron chi connectivity index (χ4n) is 3.07. The van der Waals surface area contributed by atoms with Crippen molar-refractivity contribution in [1.29, 1.82) is 0 Å². The molecule has 4 rings (SSSR count). The first kappa shape index (κ1) is 16.0. The predicted molar refractivity (Wildman–Crippen MR) is 99.1 cm³/mol. The minimum atomic E-state index is -0.416. The lowest BCUT2D eigenvalue weighted by atomic mass is 9.97. The third-order valence-electron chi connectivity index (χ3n) is 4.38. The van der Waals surface area contributed by atoms with E-state index in [1.165, 1.54) is 12.1 Å². The Kier molecular flexibility index (Phi) is 4.19. The number of benzene rings is 3. The van der Waals surface area contributed by atoms with Crippen LogP contribution in [0.2, 0.25) is 0 Å². The molecule has 1 aliphatic rings. The van der Waals surface area contributed by atoms with Crippen LogP contribution in [-0.2, 0) is 4.74 Å². The molecule has 1 aliphatic heterocycles. The average Bonchev–Trinajstić information content (AvgIpc) is 3.15. The van der Waals surface area contributed by atoms with E-state index in [0.717, 1.165) is 16.7 Å². The van der Waals surface area contributed by atoms with Crippen molar-refractivity contribution in [1.82, 2.24) is 0 Å². The highest BCUT2D eigenvalue weighted by Crippen LogP contribution is 2.41. The van der Waals surface area contributed by atoms with Gasteiger partial charge in [-0.15, -0.1) is 0 Å². The highest BCUT2D eigenvalue weighted by Gasteiger charge is 2.34. The quantitative estimate of drug-likeness (QED) is 0.502. The molecule has 0 radical (unpaired) electrons. The molecule has 2 atom stereocenters. The summed E-state index contributed by atoms with van der Waals surface area (Å²) in [4.78, 5) is 15.2. The average molecular weight is 344 g/mol. The van der Waals surface area contributed by atoms with E-state index in [1.807, 2.05) is 60.7 Å². The van der Waals surface area contributed by atoms with Crippen LogP contribution in [0.5, 0.6) is 0 Å². The number of rotatable bonds is 4.